The first-order valence-corrected chi connectivity index (χ1v) is 8.70. The van der Waals surface area contributed by atoms with Gasteiger partial charge in [0.05, 0.1) is 11.7 Å². The number of rotatable bonds is 6. The van der Waals surface area contributed by atoms with Gasteiger partial charge < -0.3 is 4.90 Å². The number of carbonyl (C=O) groups is 1. The van der Waals surface area contributed by atoms with Gasteiger partial charge in [0.15, 0.2) is 0 Å². The number of thioether (sulfide) groups is 1. The van der Waals surface area contributed by atoms with Crippen molar-refractivity contribution < 1.29 is 4.79 Å². The van der Waals surface area contributed by atoms with E-state index in [1.165, 1.54) is 25.0 Å². The smallest absolute Gasteiger partial charge is 0.244 e. The molecule has 18 heavy (non-hydrogen) atoms. The zero-order chi connectivity index (χ0) is 13.0. The topological polar surface area (TPSA) is 32.3 Å². The molecule has 3 nitrogen and oxygen atoms in total. The van der Waals surface area contributed by atoms with Crippen LogP contribution in [0, 0.1) is 0 Å². The van der Waals surface area contributed by atoms with E-state index in [1.807, 2.05) is 11.8 Å². The fourth-order valence-electron chi connectivity index (χ4n) is 3.32. The largest absolute Gasteiger partial charge is 0.326 e. The fraction of sp³-hybridized carbons (Fsp3) is 0.929. The van der Waals surface area contributed by atoms with Gasteiger partial charge in [-0.15, -0.1) is 0 Å². The first kappa shape index (κ1) is 14.2. The summed E-state index contributed by atoms with van der Waals surface area (Å²) in [5.41, 5.74) is -0.180. The molecule has 2 aliphatic rings. The molecule has 1 N–H and O–H groups in total. The number of hydrogen-bond acceptors (Lipinski definition) is 3. The molecule has 1 heterocycles. The molecule has 104 valence electrons. The third-order valence-corrected chi connectivity index (χ3v) is 5.03. The molecular weight excluding hydrogens is 244 g/mol. The molecule has 0 aromatic carbocycles. The molecule has 0 bridgehead atoms. The van der Waals surface area contributed by atoms with Gasteiger partial charge in [0.2, 0.25) is 5.91 Å². The second-order valence-corrected chi connectivity index (χ2v) is 6.54. The van der Waals surface area contributed by atoms with Gasteiger partial charge in [0.25, 0.3) is 0 Å². The van der Waals surface area contributed by atoms with E-state index in [0.717, 1.165) is 32.2 Å². The van der Waals surface area contributed by atoms with Crippen LogP contribution in [0.25, 0.3) is 0 Å². The molecule has 0 radical (unpaired) electrons. The van der Waals surface area contributed by atoms with Crippen molar-refractivity contribution in [3.63, 3.8) is 0 Å². The summed E-state index contributed by atoms with van der Waals surface area (Å²) in [4.78, 5) is 14.7. The predicted molar refractivity (Wildman–Crippen MR) is 77.7 cm³/mol. The van der Waals surface area contributed by atoms with Gasteiger partial charge in [0, 0.05) is 6.54 Å². The summed E-state index contributed by atoms with van der Waals surface area (Å²) in [6.07, 6.45) is 10.3. The monoisotopic (exact) mass is 270 g/mol. The predicted octanol–water partition coefficient (Wildman–Crippen LogP) is 2.61. The summed E-state index contributed by atoms with van der Waals surface area (Å²) in [5.74, 6) is 1.59. The Bertz CT molecular complexity index is 290. The normalized spacial score (nSPS) is 26.4. The van der Waals surface area contributed by atoms with E-state index in [4.69, 9.17) is 0 Å². The Labute approximate surface area is 115 Å². The van der Waals surface area contributed by atoms with E-state index in [1.54, 1.807) is 0 Å². The van der Waals surface area contributed by atoms with Crippen LogP contribution >= 0.6 is 11.8 Å². The maximum Gasteiger partial charge on any atom is 0.244 e. The number of nitrogens with zero attached hydrogens (tertiary/aromatic N) is 1. The average molecular weight is 270 g/mol. The molecule has 1 amide bonds. The molecule has 1 saturated carbocycles. The van der Waals surface area contributed by atoms with E-state index in [2.05, 4.69) is 23.4 Å². The SMILES string of the molecule is CCC1NC2(CCCC2)C(=O)N1CCCCSC. The lowest BCUT2D eigenvalue weighted by Crippen LogP contribution is -2.44. The molecule has 4 heteroatoms. The summed E-state index contributed by atoms with van der Waals surface area (Å²) in [6, 6.07) is 0. The van der Waals surface area contributed by atoms with Crippen molar-refractivity contribution in [1.29, 1.82) is 0 Å². The number of nitrogens with one attached hydrogen (secondary N) is 1. The Morgan fingerprint density at radius 2 is 2.11 bits per heavy atom. The molecule has 2 rings (SSSR count). The van der Waals surface area contributed by atoms with Crippen LogP contribution < -0.4 is 5.32 Å². The third-order valence-electron chi connectivity index (χ3n) is 4.33. The van der Waals surface area contributed by atoms with Gasteiger partial charge in [-0.25, -0.2) is 0 Å². The average Bonchev–Trinajstić information content (AvgIpc) is 2.95. The Balaban J connectivity index is 1.93. The lowest BCUT2D eigenvalue weighted by atomic mass is 9.98. The van der Waals surface area contributed by atoms with E-state index < -0.39 is 0 Å². The first-order valence-electron chi connectivity index (χ1n) is 7.31. The van der Waals surface area contributed by atoms with Gasteiger partial charge in [-0.1, -0.05) is 19.8 Å². The maximum atomic E-state index is 12.6. The van der Waals surface area contributed by atoms with Crippen molar-refractivity contribution in [3.8, 4) is 0 Å². The highest BCUT2D eigenvalue weighted by atomic mass is 32.2. The highest BCUT2D eigenvalue weighted by Gasteiger charge is 2.51. The van der Waals surface area contributed by atoms with Crippen molar-refractivity contribution in [2.24, 2.45) is 0 Å². The molecule has 0 aromatic heterocycles. The van der Waals surface area contributed by atoms with Gasteiger partial charge in [-0.3, -0.25) is 10.1 Å². The van der Waals surface area contributed by atoms with Crippen LogP contribution in [0.5, 0.6) is 0 Å². The molecule has 0 aromatic rings. The summed E-state index contributed by atoms with van der Waals surface area (Å²) < 4.78 is 0. The Kier molecular flexibility index (Phi) is 4.96. The van der Waals surface area contributed by atoms with Crippen molar-refractivity contribution in [2.75, 3.05) is 18.6 Å². The molecule has 2 fully saturated rings. The van der Waals surface area contributed by atoms with Crippen LogP contribution in [0.3, 0.4) is 0 Å². The summed E-state index contributed by atoms with van der Waals surface area (Å²) >= 11 is 1.89. The quantitative estimate of drug-likeness (QED) is 0.753. The molecular formula is C14H26N2OS. The lowest BCUT2D eigenvalue weighted by molar-refractivity contribution is -0.133. The Morgan fingerprint density at radius 1 is 1.39 bits per heavy atom. The van der Waals surface area contributed by atoms with Gasteiger partial charge in [-0.05, 0) is 44.1 Å². The van der Waals surface area contributed by atoms with Gasteiger partial charge >= 0.3 is 0 Å². The van der Waals surface area contributed by atoms with Gasteiger partial charge in [0.1, 0.15) is 0 Å². The second kappa shape index (κ2) is 6.29. The molecule has 1 spiro atoms. The molecule has 1 atom stereocenters. The third kappa shape index (κ3) is 2.69. The zero-order valence-electron chi connectivity index (χ0n) is 11.7. The van der Waals surface area contributed by atoms with Crippen LogP contribution in [-0.4, -0.2) is 41.1 Å². The molecule has 1 unspecified atom stereocenters. The van der Waals surface area contributed by atoms with Crippen LogP contribution in [0.2, 0.25) is 0 Å². The highest BCUT2D eigenvalue weighted by molar-refractivity contribution is 7.98. The Morgan fingerprint density at radius 3 is 2.72 bits per heavy atom. The van der Waals surface area contributed by atoms with Crippen LogP contribution in [0.15, 0.2) is 0 Å². The lowest BCUT2D eigenvalue weighted by Gasteiger charge is -2.23. The van der Waals surface area contributed by atoms with Crippen LogP contribution in [-0.2, 0) is 4.79 Å². The molecule has 1 saturated heterocycles. The standard InChI is InChI=1S/C14H26N2OS/c1-3-12-15-14(8-4-5-9-14)13(17)16(12)10-6-7-11-18-2/h12,15H,3-11H2,1-2H3. The van der Waals surface area contributed by atoms with Crippen molar-refractivity contribution >= 4 is 17.7 Å². The van der Waals surface area contributed by atoms with Gasteiger partial charge in [-0.2, -0.15) is 11.8 Å². The minimum absolute atomic E-state index is 0.180. The number of unbranched alkanes of at least 4 members (excludes halogenated alkanes) is 1. The fourth-order valence-corrected chi connectivity index (χ4v) is 3.81. The van der Waals surface area contributed by atoms with Crippen molar-refractivity contribution in [2.45, 2.75) is 63.6 Å². The summed E-state index contributed by atoms with van der Waals surface area (Å²) in [6.45, 7) is 3.11. The number of amides is 1. The van der Waals surface area contributed by atoms with Crippen LogP contribution in [0.1, 0.15) is 51.9 Å². The van der Waals surface area contributed by atoms with E-state index >= 15 is 0 Å². The maximum absolute atomic E-state index is 12.6. The molecule has 1 aliphatic carbocycles. The second-order valence-electron chi connectivity index (χ2n) is 5.56. The van der Waals surface area contributed by atoms with E-state index in [0.29, 0.717) is 5.91 Å². The zero-order valence-corrected chi connectivity index (χ0v) is 12.5. The van der Waals surface area contributed by atoms with Crippen LogP contribution in [0.4, 0.5) is 0 Å². The van der Waals surface area contributed by atoms with Crippen molar-refractivity contribution in [1.82, 2.24) is 10.2 Å². The van der Waals surface area contributed by atoms with E-state index in [9.17, 15) is 4.79 Å². The first-order chi connectivity index (χ1) is 8.73. The minimum atomic E-state index is -0.180. The summed E-state index contributed by atoms with van der Waals surface area (Å²) in [7, 11) is 0. The van der Waals surface area contributed by atoms with Crippen molar-refractivity contribution in [3.05, 3.63) is 0 Å². The van der Waals surface area contributed by atoms with E-state index in [-0.39, 0.29) is 11.7 Å². The number of hydrogen-bond donors (Lipinski definition) is 1. The summed E-state index contributed by atoms with van der Waals surface area (Å²) in [5, 5.41) is 3.63. The Hall–Kier alpha value is -0.220. The number of carbonyl (C=O) groups excluding carboxylic acids is 1. The minimum Gasteiger partial charge on any atom is -0.326 e. The highest BCUT2D eigenvalue weighted by Crippen LogP contribution is 2.37. The molecule has 1 aliphatic heterocycles.